The summed E-state index contributed by atoms with van der Waals surface area (Å²) in [5, 5.41) is 8.67. The highest BCUT2D eigenvalue weighted by Crippen LogP contribution is 2.27. The monoisotopic (exact) mass is 209 g/mol. The Morgan fingerprint density at radius 3 is 2.79 bits per heavy atom. The minimum Gasteiger partial charge on any atom is -0.493 e. The highest BCUT2D eigenvalue weighted by Gasteiger charge is 2.04. The highest BCUT2D eigenvalue weighted by molar-refractivity contribution is 7.80. The van der Waals surface area contributed by atoms with Crippen molar-refractivity contribution >= 4 is 12.6 Å². The smallest absolute Gasteiger partial charge is 0.162 e. The molecule has 0 heterocycles. The lowest BCUT2D eigenvalue weighted by molar-refractivity contribution is 0.314. The zero-order chi connectivity index (χ0) is 10.4. The lowest BCUT2D eigenvalue weighted by Gasteiger charge is -2.09. The summed E-state index contributed by atoms with van der Waals surface area (Å²) in [5.74, 6) is 1.86. The fourth-order valence-corrected chi connectivity index (χ4v) is 1.10. The molecule has 0 radical (unpaired) electrons. The third kappa shape index (κ3) is 2.57. The Bertz CT molecular complexity index is 346. The van der Waals surface area contributed by atoms with Gasteiger partial charge in [0.05, 0.1) is 25.3 Å². The zero-order valence-corrected chi connectivity index (χ0v) is 8.75. The number of thiol groups is 1. The maximum Gasteiger partial charge on any atom is 0.162 e. The van der Waals surface area contributed by atoms with Crippen molar-refractivity contribution in [2.75, 3.05) is 19.5 Å². The average molecular weight is 209 g/mol. The Morgan fingerprint density at radius 1 is 1.43 bits per heavy atom. The molecule has 0 amide bonds. The van der Waals surface area contributed by atoms with Gasteiger partial charge in [-0.05, 0) is 12.1 Å². The van der Waals surface area contributed by atoms with E-state index >= 15 is 0 Å². The summed E-state index contributed by atoms with van der Waals surface area (Å²) in [5.41, 5.74) is 0.556. The fraction of sp³-hybridized carbons (Fsp3) is 0.300. The van der Waals surface area contributed by atoms with E-state index in [2.05, 4.69) is 12.6 Å². The van der Waals surface area contributed by atoms with Crippen LogP contribution in [0.2, 0.25) is 0 Å². The van der Waals surface area contributed by atoms with E-state index in [-0.39, 0.29) is 0 Å². The summed E-state index contributed by atoms with van der Waals surface area (Å²) in [6.45, 7) is 0.519. The Morgan fingerprint density at radius 2 is 2.21 bits per heavy atom. The predicted octanol–water partition coefficient (Wildman–Crippen LogP) is 1.88. The molecule has 0 spiro atoms. The molecule has 0 aliphatic carbocycles. The molecule has 0 N–H and O–H groups in total. The molecule has 1 rings (SSSR count). The van der Waals surface area contributed by atoms with Crippen LogP contribution in [0.4, 0.5) is 0 Å². The first-order valence-electron chi connectivity index (χ1n) is 4.13. The third-order valence-electron chi connectivity index (χ3n) is 1.64. The lowest BCUT2D eigenvalue weighted by atomic mass is 10.2. The quantitative estimate of drug-likeness (QED) is 0.770. The molecule has 14 heavy (non-hydrogen) atoms. The number of rotatable bonds is 4. The number of nitrogens with zero attached hydrogens (tertiary/aromatic N) is 1. The lowest BCUT2D eigenvalue weighted by Crippen LogP contribution is -2.00. The highest BCUT2D eigenvalue weighted by atomic mass is 32.1. The molecule has 0 saturated heterocycles. The van der Waals surface area contributed by atoms with E-state index < -0.39 is 0 Å². The van der Waals surface area contributed by atoms with Gasteiger partial charge in [0.1, 0.15) is 0 Å². The maximum atomic E-state index is 8.67. The molecule has 0 aliphatic heterocycles. The minimum atomic E-state index is 0.519. The van der Waals surface area contributed by atoms with E-state index in [1.54, 1.807) is 25.3 Å². The molecular formula is C10H11NO2S. The van der Waals surface area contributed by atoms with Crippen LogP contribution in [0.3, 0.4) is 0 Å². The van der Waals surface area contributed by atoms with Crippen LogP contribution < -0.4 is 9.47 Å². The van der Waals surface area contributed by atoms with E-state index in [1.165, 1.54) is 0 Å². The fourth-order valence-electron chi connectivity index (χ4n) is 1.01. The molecule has 0 unspecified atom stereocenters. The summed E-state index contributed by atoms with van der Waals surface area (Å²) < 4.78 is 10.4. The molecule has 1 aromatic rings. The predicted molar refractivity (Wildman–Crippen MR) is 57.1 cm³/mol. The van der Waals surface area contributed by atoms with Gasteiger partial charge in [0.25, 0.3) is 0 Å². The maximum absolute atomic E-state index is 8.67. The van der Waals surface area contributed by atoms with Gasteiger partial charge >= 0.3 is 0 Å². The summed E-state index contributed by atoms with van der Waals surface area (Å²) in [6.07, 6.45) is 0. The van der Waals surface area contributed by atoms with Crippen molar-refractivity contribution in [3.63, 3.8) is 0 Å². The largest absolute Gasteiger partial charge is 0.493 e. The van der Waals surface area contributed by atoms with Crippen LogP contribution >= 0.6 is 12.6 Å². The van der Waals surface area contributed by atoms with Gasteiger partial charge < -0.3 is 9.47 Å². The van der Waals surface area contributed by atoms with Crippen molar-refractivity contribution < 1.29 is 9.47 Å². The summed E-state index contributed by atoms with van der Waals surface area (Å²) in [7, 11) is 1.55. The normalized spacial score (nSPS) is 9.21. The second-order valence-electron chi connectivity index (χ2n) is 2.55. The molecule has 0 aliphatic rings. The molecule has 0 bridgehead atoms. The topological polar surface area (TPSA) is 42.2 Å². The SMILES string of the molecule is COc1cc(C#N)ccc1OCCS. The van der Waals surface area contributed by atoms with Crippen LogP contribution in [-0.4, -0.2) is 19.5 Å². The van der Waals surface area contributed by atoms with Gasteiger partial charge in [0, 0.05) is 11.8 Å². The molecular weight excluding hydrogens is 198 g/mol. The van der Waals surface area contributed by atoms with Gasteiger partial charge in [-0.3, -0.25) is 0 Å². The number of methoxy groups -OCH3 is 1. The first-order chi connectivity index (χ1) is 6.81. The summed E-state index contributed by atoms with van der Waals surface area (Å²) >= 11 is 4.03. The number of nitriles is 1. The van der Waals surface area contributed by atoms with Crippen LogP contribution in [0.25, 0.3) is 0 Å². The molecule has 4 heteroatoms. The van der Waals surface area contributed by atoms with Crippen molar-refractivity contribution in [3.8, 4) is 17.6 Å². The molecule has 3 nitrogen and oxygen atoms in total. The minimum absolute atomic E-state index is 0.519. The molecule has 0 atom stereocenters. The summed E-state index contributed by atoms with van der Waals surface area (Å²) in [4.78, 5) is 0. The average Bonchev–Trinajstić information content (AvgIpc) is 2.26. The van der Waals surface area contributed by atoms with Crippen molar-refractivity contribution in [1.29, 1.82) is 5.26 Å². The molecule has 0 aromatic heterocycles. The van der Waals surface area contributed by atoms with E-state index in [0.717, 1.165) is 0 Å². The summed E-state index contributed by atoms with van der Waals surface area (Å²) in [6, 6.07) is 7.09. The molecule has 1 aromatic carbocycles. The van der Waals surface area contributed by atoms with Crippen molar-refractivity contribution in [1.82, 2.24) is 0 Å². The number of benzene rings is 1. The number of hydrogen-bond acceptors (Lipinski definition) is 4. The van der Waals surface area contributed by atoms with E-state index in [0.29, 0.717) is 29.4 Å². The Kier molecular flexibility index (Phi) is 4.14. The van der Waals surface area contributed by atoms with Gasteiger partial charge in [-0.25, -0.2) is 0 Å². The van der Waals surface area contributed by atoms with Gasteiger partial charge in [0.2, 0.25) is 0 Å². The van der Waals surface area contributed by atoms with Crippen molar-refractivity contribution in [2.24, 2.45) is 0 Å². The van der Waals surface area contributed by atoms with Crippen molar-refractivity contribution in [2.45, 2.75) is 0 Å². The third-order valence-corrected chi connectivity index (χ3v) is 1.82. The van der Waals surface area contributed by atoms with Crippen LogP contribution in [0.5, 0.6) is 11.5 Å². The second-order valence-corrected chi connectivity index (χ2v) is 3.00. The Balaban J connectivity index is 2.89. The van der Waals surface area contributed by atoms with Crippen LogP contribution in [0, 0.1) is 11.3 Å². The number of ether oxygens (including phenoxy) is 2. The van der Waals surface area contributed by atoms with Gasteiger partial charge in [0.15, 0.2) is 11.5 Å². The van der Waals surface area contributed by atoms with Gasteiger partial charge in [-0.2, -0.15) is 17.9 Å². The van der Waals surface area contributed by atoms with E-state index in [4.69, 9.17) is 14.7 Å². The molecule has 0 saturated carbocycles. The van der Waals surface area contributed by atoms with Gasteiger partial charge in [-0.1, -0.05) is 0 Å². The van der Waals surface area contributed by atoms with Gasteiger partial charge in [-0.15, -0.1) is 0 Å². The Labute approximate surface area is 88.7 Å². The molecule has 0 fully saturated rings. The molecule has 74 valence electrons. The Hall–Kier alpha value is -1.34. The first-order valence-corrected chi connectivity index (χ1v) is 4.77. The zero-order valence-electron chi connectivity index (χ0n) is 7.86. The van der Waals surface area contributed by atoms with Crippen LogP contribution in [-0.2, 0) is 0 Å². The van der Waals surface area contributed by atoms with Crippen LogP contribution in [0.1, 0.15) is 5.56 Å². The first kappa shape index (κ1) is 10.7. The van der Waals surface area contributed by atoms with Crippen LogP contribution in [0.15, 0.2) is 18.2 Å². The number of hydrogen-bond donors (Lipinski definition) is 1. The van der Waals surface area contributed by atoms with E-state index in [1.807, 2.05) is 6.07 Å². The van der Waals surface area contributed by atoms with E-state index in [9.17, 15) is 0 Å². The standard InChI is InChI=1S/C10H11NO2S/c1-12-10-6-8(7-11)2-3-9(10)13-4-5-14/h2-3,6,14H,4-5H2,1H3. The second kappa shape index (κ2) is 5.40. The van der Waals surface area contributed by atoms with Crippen molar-refractivity contribution in [3.05, 3.63) is 23.8 Å².